The second-order valence-electron chi connectivity index (χ2n) is 8.41. The summed E-state index contributed by atoms with van der Waals surface area (Å²) in [6, 6.07) is 26.9. The van der Waals surface area contributed by atoms with E-state index in [4.69, 9.17) is 0 Å². The Hall–Kier alpha value is -2.38. The van der Waals surface area contributed by atoms with Crippen LogP contribution in [0.4, 0.5) is 0 Å². The van der Waals surface area contributed by atoms with Gasteiger partial charge in [0.15, 0.2) is 0 Å². The van der Waals surface area contributed by atoms with Gasteiger partial charge in [0.1, 0.15) is 0 Å². The number of hydrogen-bond acceptors (Lipinski definition) is 0. The van der Waals surface area contributed by atoms with Crippen molar-refractivity contribution in [1.82, 2.24) is 0 Å². The molecule has 0 aliphatic rings. The molecule has 132 valence electrons. The lowest BCUT2D eigenvalue weighted by Gasteiger charge is -2.20. The molecule has 0 nitrogen and oxygen atoms in total. The van der Waals surface area contributed by atoms with Gasteiger partial charge >= 0.3 is 0 Å². The van der Waals surface area contributed by atoms with Gasteiger partial charge in [-0.05, 0) is 60.5 Å². The molecule has 5 rings (SSSR count). The van der Waals surface area contributed by atoms with Gasteiger partial charge in [0.2, 0.25) is 0 Å². The largest absolute Gasteiger partial charge is 0.0579 e. The van der Waals surface area contributed by atoms with Crippen LogP contribution in [0.5, 0.6) is 0 Å². The van der Waals surface area contributed by atoms with Crippen molar-refractivity contribution in [3.05, 3.63) is 82.8 Å². The van der Waals surface area contributed by atoms with Crippen LogP contribution >= 0.6 is 15.9 Å². The SMILES string of the molecule is CC(C)(C)c1ccc(-c2ccc3ccc4c(Br)ccc5ccc2c3c54)cc1. The number of halogens is 1. The zero-order valence-corrected chi connectivity index (χ0v) is 17.4. The molecule has 1 heteroatoms. The fourth-order valence-electron chi connectivity index (χ4n) is 4.17. The molecule has 0 bridgehead atoms. The van der Waals surface area contributed by atoms with E-state index in [9.17, 15) is 0 Å². The van der Waals surface area contributed by atoms with Crippen molar-refractivity contribution in [2.45, 2.75) is 26.2 Å². The first-order chi connectivity index (χ1) is 12.9. The maximum Gasteiger partial charge on any atom is 0.0254 e. The van der Waals surface area contributed by atoms with Crippen molar-refractivity contribution in [1.29, 1.82) is 0 Å². The van der Waals surface area contributed by atoms with E-state index in [1.807, 2.05) is 0 Å². The first kappa shape index (κ1) is 16.8. The van der Waals surface area contributed by atoms with Gasteiger partial charge in [-0.3, -0.25) is 0 Å². The molecule has 0 aliphatic heterocycles. The molecule has 0 saturated heterocycles. The number of rotatable bonds is 1. The Labute approximate surface area is 168 Å². The zero-order valence-electron chi connectivity index (χ0n) is 15.8. The van der Waals surface area contributed by atoms with Crippen LogP contribution in [-0.2, 0) is 5.41 Å². The highest BCUT2D eigenvalue weighted by atomic mass is 79.9. The molecule has 0 N–H and O–H groups in total. The molecular weight excluding hydrogens is 392 g/mol. The molecular formula is C26H21Br. The molecule has 27 heavy (non-hydrogen) atoms. The van der Waals surface area contributed by atoms with Crippen LogP contribution in [-0.4, -0.2) is 0 Å². The Morgan fingerprint density at radius 3 is 1.81 bits per heavy atom. The number of benzene rings is 5. The van der Waals surface area contributed by atoms with Crippen molar-refractivity contribution in [2.24, 2.45) is 0 Å². The minimum absolute atomic E-state index is 0.174. The summed E-state index contributed by atoms with van der Waals surface area (Å²) in [7, 11) is 0. The van der Waals surface area contributed by atoms with E-state index in [2.05, 4.69) is 109 Å². The molecule has 0 saturated carbocycles. The minimum Gasteiger partial charge on any atom is -0.0579 e. The quantitative estimate of drug-likeness (QED) is 0.242. The molecule has 0 radical (unpaired) electrons. The van der Waals surface area contributed by atoms with E-state index < -0.39 is 0 Å². The maximum absolute atomic E-state index is 3.73. The molecule has 0 amide bonds. The molecule has 5 aromatic rings. The predicted molar refractivity (Wildman–Crippen MR) is 122 cm³/mol. The highest BCUT2D eigenvalue weighted by Gasteiger charge is 2.15. The summed E-state index contributed by atoms with van der Waals surface area (Å²) in [5.41, 5.74) is 4.12. The fraction of sp³-hybridized carbons (Fsp3) is 0.154. The topological polar surface area (TPSA) is 0 Å². The Kier molecular flexibility index (Phi) is 3.61. The lowest BCUT2D eigenvalue weighted by Crippen LogP contribution is -2.10. The van der Waals surface area contributed by atoms with Crippen molar-refractivity contribution < 1.29 is 0 Å². The fourth-order valence-corrected chi connectivity index (χ4v) is 4.63. The predicted octanol–water partition coefficient (Wildman–Crippen LogP) is 8.31. The Bertz CT molecular complexity index is 1290. The van der Waals surface area contributed by atoms with Crippen molar-refractivity contribution in [2.75, 3.05) is 0 Å². The molecule has 0 atom stereocenters. The van der Waals surface area contributed by atoms with Gasteiger partial charge in [0.25, 0.3) is 0 Å². The van der Waals surface area contributed by atoms with Crippen LogP contribution in [0, 0.1) is 0 Å². The Morgan fingerprint density at radius 2 is 1.15 bits per heavy atom. The Balaban J connectivity index is 1.82. The van der Waals surface area contributed by atoms with Gasteiger partial charge in [0.05, 0.1) is 0 Å². The van der Waals surface area contributed by atoms with E-state index in [1.165, 1.54) is 49.0 Å². The highest BCUT2D eigenvalue weighted by Crippen LogP contribution is 2.41. The van der Waals surface area contributed by atoms with Gasteiger partial charge in [0, 0.05) is 4.47 Å². The zero-order chi connectivity index (χ0) is 18.8. The minimum atomic E-state index is 0.174. The number of hydrogen-bond donors (Lipinski definition) is 0. The molecule has 0 fully saturated rings. The van der Waals surface area contributed by atoms with E-state index >= 15 is 0 Å². The molecule has 0 spiro atoms. The van der Waals surface area contributed by atoms with Gasteiger partial charge < -0.3 is 0 Å². The van der Waals surface area contributed by atoms with Crippen LogP contribution in [0.2, 0.25) is 0 Å². The lowest BCUT2D eigenvalue weighted by atomic mass is 9.85. The molecule has 5 aromatic carbocycles. The van der Waals surface area contributed by atoms with Gasteiger partial charge in [-0.1, -0.05) is 103 Å². The van der Waals surface area contributed by atoms with Gasteiger partial charge in [-0.25, -0.2) is 0 Å². The second-order valence-corrected chi connectivity index (χ2v) is 9.26. The second kappa shape index (κ2) is 5.81. The van der Waals surface area contributed by atoms with Crippen LogP contribution in [0.25, 0.3) is 43.4 Å². The third-order valence-corrected chi connectivity index (χ3v) is 6.36. The Morgan fingerprint density at radius 1 is 0.593 bits per heavy atom. The van der Waals surface area contributed by atoms with Crippen LogP contribution < -0.4 is 0 Å². The summed E-state index contributed by atoms with van der Waals surface area (Å²) in [6.07, 6.45) is 0. The van der Waals surface area contributed by atoms with Crippen LogP contribution in [0.15, 0.2) is 77.3 Å². The van der Waals surface area contributed by atoms with E-state index in [-0.39, 0.29) is 5.41 Å². The summed E-state index contributed by atoms with van der Waals surface area (Å²) in [4.78, 5) is 0. The van der Waals surface area contributed by atoms with Crippen LogP contribution in [0.1, 0.15) is 26.3 Å². The van der Waals surface area contributed by atoms with E-state index in [0.717, 1.165) is 4.47 Å². The smallest absolute Gasteiger partial charge is 0.0254 e. The molecule has 0 aromatic heterocycles. The van der Waals surface area contributed by atoms with Crippen molar-refractivity contribution >= 4 is 48.2 Å². The normalized spacial score (nSPS) is 12.4. The monoisotopic (exact) mass is 412 g/mol. The first-order valence-electron chi connectivity index (χ1n) is 9.40. The first-order valence-corrected chi connectivity index (χ1v) is 10.2. The molecule has 0 unspecified atom stereocenters. The van der Waals surface area contributed by atoms with Crippen molar-refractivity contribution in [3.8, 4) is 11.1 Å². The summed E-state index contributed by atoms with van der Waals surface area (Å²) in [5.74, 6) is 0. The lowest BCUT2D eigenvalue weighted by molar-refractivity contribution is 0.590. The van der Waals surface area contributed by atoms with Crippen molar-refractivity contribution in [3.63, 3.8) is 0 Å². The van der Waals surface area contributed by atoms with E-state index in [1.54, 1.807) is 0 Å². The highest BCUT2D eigenvalue weighted by molar-refractivity contribution is 9.10. The van der Waals surface area contributed by atoms with Crippen LogP contribution in [0.3, 0.4) is 0 Å². The summed E-state index contributed by atoms with van der Waals surface area (Å²) < 4.78 is 1.16. The average Bonchev–Trinajstić information content (AvgIpc) is 2.67. The summed E-state index contributed by atoms with van der Waals surface area (Å²) in [6.45, 7) is 6.78. The standard InChI is InChI=1S/C26H21Br/c1-26(2,3)19-10-4-16(5-11-19)20-12-6-17-8-14-22-23(27)15-9-18-7-13-21(20)24(17)25(18)22/h4-15H,1-3H3. The molecule has 0 heterocycles. The van der Waals surface area contributed by atoms with Gasteiger partial charge in [-0.15, -0.1) is 0 Å². The average molecular weight is 413 g/mol. The van der Waals surface area contributed by atoms with Gasteiger partial charge in [-0.2, -0.15) is 0 Å². The molecule has 0 aliphatic carbocycles. The van der Waals surface area contributed by atoms with E-state index in [0.29, 0.717) is 0 Å². The maximum atomic E-state index is 3.73. The third-order valence-electron chi connectivity index (χ3n) is 5.67. The summed E-state index contributed by atoms with van der Waals surface area (Å²) in [5, 5.41) is 7.93. The summed E-state index contributed by atoms with van der Waals surface area (Å²) >= 11 is 3.73. The third kappa shape index (κ3) is 2.56.